The van der Waals surface area contributed by atoms with Crippen molar-refractivity contribution < 1.29 is 9.13 Å². The largest absolute Gasteiger partial charge is 0.496 e. The molecule has 0 spiro atoms. The molecule has 0 aliphatic rings. The number of aromatic nitrogens is 1. The van der Waals surface area contributed by atoms with Crippen molar-refractivity contribution in [2.75, 3.05) is 14.2 Å². The molecule has 18 heavy (non-hydrogen) atoms. The Labute approximate surface area is 117 Å². The minimum atomic E-state index is -0.299. The molecule has 0 saturated carbocycles. The summed E-state index contributed by atoms with van der Waals surface area (Å²) in [5, 5.41) is 3.78. The van der Waals surface area contributed by atoms with Crippen molar-refractivity contribution in [1.82, 2.24) is 10.3 Å². The molecule has 1 N–H and O–H groups in total. The standard InChI is InChI=1S/C12H12BrFN2OS/c1-15-6-9-11(13)18-12(16-9)8-5-7(14)3-4-10(8)17-2/h3-5,15H,6H2,1-2H3. The zero-order valence-corrected chi connectivity index (χ0v) is 12.4. The van der Waals surface area contributed by atoms with Crippen molar-refractivity contribution in [3.63, 3.8) is 0 Å². The van der Waals surface area contributed by atoms with Crippen LogP contribution >= 0.6 is 27.3 Å². The maximum Gasteiger partial charge on any atom is 0.129 e. The normalized spacial score (nSPS) is 10.7. The lowest BCUT2D eigenvalue weighted by Crippen LogP contribution is -2.05. The smallest absolute Gasteiger partial charge is 0.129 e. The highest BCUT2D eigenvalue weighted by Gasteiger charge is 2.14. The molecule has 1 heterocycles. The van der Waals surface area contributed by atoms with Gasteiger partial charge in [0.25, 0.3) is 0 Å². The van der Waals surface area contributed by atoms with Crippen molar-refractivity contribution in [3.8, 4) is 16.3 Å². The van der Waals surface area contributed by atoms with Crippen LogP contribution in [0, 0.1) is 5.82 Å². The maximum absolute atomic E-state index is 13.3. The first kappa shape index (κ1) is 13.5. The van der Waals surface area contributed by atoms with E-state index in [9.17, 15) is 4.39 Å². The summed E-state index contributed by atoms with van der Waals surface area (Å²) in [6.45, 7) is 0.661. The Morgan fingerprint density at radius 3 is 2.94 bits per heavy atom. The van der Waals surface area contributed by atoms with E-state index in [1.165, 1.54) is 23.5 Å². The summed E-state index contributed by atoms with van der Waals surface area (Å²) in [7, 11) is 3.42. The van der Waals surface area contributed by atoms with Gasteiger partial charge in [-0.1, -0.05) is 0 Å². The summed E-state index contributed by atoms with van der Waals surface area (Å²) in [5.74, 6) is 0.320. The molecule has 1 aromatic carbocycles. The fourth-order valence-electron chi connectivity index (χ4n) is 1.57. The molecule has 0 radical (unpaired) electrons. The Morgan fingerprint density at radius 2 is 2.28 bits per heavy atom. The second kappa shape index (κ2) is 5.77. The van der Waals surface area contributed by atoms with Gasteiger partial charge >= 0.3 is 0 Å². The van der Waals surface area contributed by atoms with Crippen molar-refractivity contribution >= 4 is 27.3 Å². The van der Waals surface area contributed by atoms with Gasteiger partial charge in [-0.2, -0.15) is 0 Å². The van der Waals surface area contributed by atoms with E-state index in [2.05, 4.69) is 26.2 Å². The number of nitrogens with zero attached hydrogens (tertiary/aromatic N) is 1. The van der Waals surface area contributed by atoms with Gasteiger partial charge in [0.1, 0.15) is 16.6 Å². The van der Waals surface area contributed by atoms with Gasteiger partial charge in [-0.25, -0.2) is 9.37 Å². The zero-order chi connectivity index (χ0) is 13.1. The molecule has 2 rings (SSSR count). The van der Waals surface area contributed by atoms with E-state index >= 15 is 0 Å². The summed E-state index contributed by atoms with van der Waals surface area (Å²) < 4.78 is 19.5. The van der Waals surface area contributed by atoms with Crippen LogP contribution in [0.4, 0.5) is 4.39 Å². The molecule has 0 atom stereocenters. The van der Waals surface area contributed by atoms with Gasteiger partial charge in [0.05, 0.1) is 22.2 Å². The number of rotatable bonds is 4. The Hall–Kier alpha value is -0.980. The van der Waals surface area contributed by atoms with Crippen LogP contribution in [0.3, 0.4) is 0 Å². The molecule has 3 nitrogen and oxygen atoms in total. The van der Waals surface area contributed by atoms with E-state index < -0.39 is 0 Å². The number of nitrogens with one attached hydrogen (secondary N) is 1. The molecule has 2 aromatic rings. The highest BCUT2D eigenvalue weighted by atomic mass is 79.9. The lowest BCUT2D eigenvalue weighted by molar-refractivity contribution is 0.415. The molecule has 0 saturated heterocycles. The number of hydrogen-bond donors (Lipinski definition) is 1. The SMILES string of the molecule is CNCc1nc(-c2cc(F)ccc2OC)sc1Br. The fourth-order valence-corrected chi connectivity index (χ4v) is 3.09. The molecular formula is C12H12BrFN2OS. The molecule has 0 unspecified atom stereocenters. The van der Waals surface area contributed by atoms with Crippen molar-refractivity contribution in [3.05, 3.63) is 33.5 Å². The van der Waals surface area contributed by atoms with Crippen molar-refractivity contribution in [1.29, 1.82) is 0 Å². The Bertz CT molecular complexity index is 559. The number of ether oxygens (including phenoxy) is 1. The molecular weight excluding hydrogens is 319 g/mol. The van der Waals surface area contributed by atoms with Gasteiger partial charge in [-0.05, 0) is 41.2 Å². The molecule has 0 fully saturated rings. The Kier molecular flexibility index (Phi) is 4.31. The number of benzene rings is 1. The predicted molar refractivity (Wildman–Crippen MR) is 74.5 cm³/mol. The van der Waals surface area contributed by atoms with Crippen LogP contribution in [0.5, 0.6) is 5.75 Å². The van der Waals surface area contributed by atoms with Crippen molar-refractivity contribution in [2.24, 2.45) is 0 Å². The first-order chi connectivity index (χ1) is 8.65. The van der Waals surface area contributed by atoms with Crippen LogP contribution in [-0.2, 0) is 6.54 Å². The van der Waals surface area contributed by atoms with Crippen LogP contribution < -0.4 is 10.1 Å². The van der Waals surface area contributed by atoms with Gasteiger partial charge in [0.15, 0.2) is 0 Å². The Balaban J connectivity index is 2.47. The minimum Gasteiger partial charge on any atom is -0.496 e. The highest BCUT2D eigenvalue weighted by Crippen LogP contribution is 2.37. The summed E-state index contributed by atoms with van der Waals surface area (Å²) in [6.07, 6.45) is 0. The summed E-state index contributed by atoms with van der Waals surface area (Å²) in [6, 6.07) is 4.42. The van der Waals surface area contributed by atoms with E-state index in [0.717, 1.165) is 14.5 Å². The van der Waals surface area contributed by atoms with Gasteiger partial charge in [-0.3, -0.25) is 0 Å². The Morgan fingerprint density at radius 1 is 1.50 bits per heavy atom. The van der Waals surface area contributed by atoms with Crippen molar-refractivity contribution in [2.45, 2.75) is 6.54 Å². The molecule has 96 valence electrons. The van der Waals surface area contributed by atoms with E-state index in [1.54, 1.807) is 13.2 Å². The van der Waals surface area contributed by atoms with E-state index in [-0.39, 0.29) is 5.82 Å². The summed E-state index contributed by atoms with van der Waals surface area (Å²) >= 11 is 4.93. The number of hydrogen-bond acceptors (Lipinski definition) is 4. The van der Waals surface area contributed by atoms with Crippen LogP contribution in [0.2, 0.25) is 0 Å². The minimum absolute atomic E-state index is 0.299. The van der Waals surface area contributed by atoms with Gasteiger partial charge in [-0.15, -0.1) is 11.3 Å². The third kappa shape index (κ3) is 2.71. The van der Waals surface area contributed by atoms with E-state index in [4.69, 9.17) is 4.74 Å². The quantitative estimate of drug-likeness (QED) is 0.932. The first-order valence-electron chi connectivity index (χ1n) is 5.29. The second-order valence-corrected chi connectivity index (χ2v) is 5.93. The molecule has 0 aliphatic heterocycles. The van der Waals surface area contributed by atoms with Crippen LogP contribution in [0.1, 0.15) is 5.69 Å². The second-order valence-electron chi connectivity index (χ2n) is 3.61. The zero-order valence-electron chi connectivity index (χ0n) is 9.96. The molecule has 0 aliphatic carbocycles. The summed E-state index contributed by atoms with van der Waals surface area (Å²) in [5.41, 5.74) is 1.58. The van der Waals surface area contributed by atoms with Crippen LogP contribution in [-0.4, -0.2) is 19.1 Å². The average Bonchev–Trinajstić information content (AvgIpc) is 2.71. The highest BCUT2D eigenvalue weighted by molar-refractivity contribution is 9.11. The van der Waals surface area contributed by atoms with Crippen LogP contribution in [0.15, 0.2) is 22.0 Å². The van der Waals surface area contributed by atoms with Crippen LogP contribution in [0.25, 0.3) is 10.6 Å². The molecule has 6 heteroatoms. The average molecular weight is 331 g/mol. The third-order valence-electron chi connectivity index (χ3n) is 2.39. The third-order valence-corrected chi connectivity index (χ3v) is 4.25. The predicted octanol–water partition coefficient (Wildman–Crippen LogP) is 3.44. The number of methoxy groups -OCH3 is 1. The van der Waals surface area contributed by atoms with Gasteiger partial charge in [0.2, 0.25) is 0 Å². The van der Waals surface area contributed by atoms with Gasteiger partial charge in [0, 0.05) is 6.54 Å². The lowest BCUT2D eigenvalue weighted by Gasteiger charge is -2.05. The lowest BCUT2D eigenvalue weighted by atomic mass is 10.2. The number of thiazole rings is 1. The number of halogens is 2. The molecule has 0 amide bonds. The van der Waals surface area contributed by atoms with E-state index in [0.29, 0.717) is 17.9 Å². The summed E-state index contributed by atoms with van der Waals surface area (Å²) in [4.78, 5) is 4.48. The maximum atomic E-state index is 13.3. The monoisotopic (exact) mass is 330 g/mol. The fraction of sp³-hybridized carbons (Fsp3) is 0.250. The molecule has 0 bridgehead atoms. The van der Waals surface area contributed by atoms with E-state index in [1.807, 2.05) is 7.05 Å². The molecule has 1 aromatic heterocycles. The first-order valence-corrected chi connectivity index (χ1v) is 6.90. The van der Waals surface area contributed by atoms with Gasteiger partial charge < -0.3 is 10.1 Å². The topological polar surface area (TPSA) is 34.2 Å².